The van der Waals surface area contributed by atoms with E-state index in [0.29, 0.717) is 30.4 Å². The average molecular weight is 378 g/mol. The number of rotatable bonds is 5. The molecular formula is C23H26N2O3. The van der Waals surface area contributed by atoms with Crippen molar-refractivity contribution in [3.63, 3.8) is 0 Å². The number of carbonyl (C=O) groups excluding carboxylic acids is 2. The molecule has 1 aromatic carbocycles. The van der Waals surface area contributed by atoms with E-state index in [-0.39, 0.29) is 17.2 Å². The number of pyridine rings is 1. The van der Waals surface area contributed by atoms with Crippen molar-refractivity contribution < 1.29 is 9.59 Å². The Morgan fingerprint density at radius 3 is 2.46 bits per heavy atom. The number of aromatic nitrogens is 1. The lowest BCUT2D eigenvalue weighted by atomic mass is 10.0. The Balaban J connectivity index is 1.70. The number of nitrogens with zero attached hydrogens (tertiary/aromatic N) is 2. The normalized spacial score (nSPS) is 18.3. The minimum atomic E-state index is -0.463. The van der Waals surface area contributed by atoms with Crippen LogP contribution < -0.4 is 5.56 Å². The van der Waals surface area contributed by atoms with Crippen LogP contribution in [0.3, 0.4) is 0 Å². The van der Waals surface area contributed by atoms with Crippen LogP contribution in [-0.2, 0) is 24.1 Å². The van der Waals surface area contributed by atoms with Gasteiger partial charge in [0.1, 0.15) is 6.04 Å². The van der Waals surface area contributed by atoms with Crippen LogP contribution in [0, 0.1) is 0 Å². The Labute approximate surface area is 165 Å². The van der Waals surface area contributed by atoms with E-state index >= 15 is 0 Å². The highest BCUT2D eigenvalue weighted by atomic mass is 16.2. The number of hydrogen-bond donors (Lipinski definition) is 0. The molecule has 4 rings (SSSR count). The van der Waals surface area contributed by atoms with E-state index in [1.54, 1.807) is 10.6 Å². The molecule has 0 unspecified atom stereocenters. The molecule has 1 saturated heterocycles. The van der Waals surface area contributed by atoms with Crippen LogP contribution in [0.25, 0.3) is 0 Å². The van der Waals surface area contributed by atoms with E-state index in [0.717, 1.165) is 43.6 Å². The van der Waals surface area contributed by atoms with Gasteiger partial charge in [-0.15, -0.1) is 0 Å². The third kappa shape index (κ3) is 3.41. The van der Waals surface area contributed by atoms with Crippen LogP contribution in [-0.4, -0.2) is 34.2 Å². The van der Waals surface area contributed by atoms with E-state index in [1.165, 1.54) is 6.92 Å². The molecule has 0 spiro atoms. The maximum absolute atomic E-state index is 13.3. The molecule has 0 aliphatic carbocycles. The quantitative estimate of drug-likeness (QED) is 0.752. The Morgan fingerprint density at radius 2 is 1.79 bits per heavy atom. The van der Waals surface area contributed by atoms with Gasteiger partial charge in [-0.1, -0.05) is 30.3 Å². The summed E-state index contributed by atoms with van der Waals surface area (Å²) in [5.74, 6) is -0.00737. The summed E-state index contributed by atoms with van der Waals surface area (Å²) in [5.41, 5.74) is 3.00. The third-order valence-electron chi connectivity index (χ3n) is 5.99. The molecular weight excluding hydrogens is 352 g/mol. The molecule has 2 aliphatic heterocycles. The average Bonchev–Trinajstić information content (AvgIpc) is 3.38. The Bertz CT molecular complexity index is 956. The topological polar surface area (TPSA) is 59.4 Å². The van der Waals surface area contributed by atoms with Crippen LogP contribution in [0.2, 0.25) is 0 Å². The summed E-state index contributed by atoms with van der Waals surface area (Å²) in [6.45, 7) is 3.08. The van der Waals surface area contributed by atoms with Gasteiger partial charge >= 0.3 is 0 Å². The summed E-state index contributed by atoms with van der Waals surface area (Å²) in [7, 11) is 0. The molecule has 0 radical (unpaired) electrons. The highest BCUT2D eigenvalue weighted by molar-refractivity contribution is 5.95. The maximum atomic E-state index is 13.3. The predicted molar refractivity (Wildman–Crippen MR) is 108 cm³/mol. The Hall–Kier alpha value is -2.69. The van der Waals surface area contributed by atoms with Gasteiger partial charge in [0, 0.05) is 29.9 Å². The van der Waals surface area contributed by atoms with Crippen LogP contribution in [0.15, 0.2) is 41.2 Å². The molecule has 0 N–H and O–H groups in total. The minimum Gasteiger partial charge on any atom is -0.341 e. The smallest absolute Gasteiger partial charge is 0.254 e. The lowest BCUT2D eigenvalue weighted by molar-refractivity contribution is -0.133. The molecule has 1 amide bonds. The monoisotopic (exact) mass is 378 g/mol. The summed E-state index contributed by atoms with van der Waals surface area (Å²) in [6, 6.07) is 11.3. The minimum absolute atomic E-state index is 0.0352. The van der Waals surface area contributed by atoms with Gasteiger partial charge < -0.3 is 4.90 Å². The van der Waals surface area contributed by atoms with Crippen molar-refractivity contribution in [1.82, 2.24) is 9.47 Å². The van der Waals surface area contributed by atoms with Crippen LogP contribution in [0.1, 0.15) is 59.4 Å². The Kier molecular flexibility index (Phi) is 5.16. The number of Topliss-reactive ketones (excluding diaryl/α,β-unsaturated/α-hetero) is 1. The third-order valence-corrected chi connectivity index (χ3v) is 5.99. The fourth-order valence-corrected chi connectivity index (χ4v) is 4.50. The fourth-order valence-electron chi connectivity index (χ4n) is 4.50. The van der Waals surface area contributed by atoms with E-state index in [9.17, 15) is 14.4 Å². The molecule has 3 heterocycles. The fraction of sp³-hybridized carbons (Fsp3) is 0.435. The molecule has 28 heavy (non-hydrogen) atoms. The first kappa shape index (κ1) is 18.7. The number of fused-ring (bicyclic) bond motifs is 1. The largest absolute Gasteiger partial charge is 0.341 e. The number of amides is 1. The van der Waals surface area contributed by atoms with Gasteiger partial charge in [-0.3, -0.25) is 19.0 Å². The first-order valence-electron chi connectivity index (χ1n) is 10.2. The van der Waals surface area contributed by atoms with E-state index in [2.05, 4.69) is 0 Å². The zero-order chi connectivity index (χ0) is 19.7. The molecule has 2 aliphatic rings. The molecule has 2 aromatic rings. The van der Waals surface area contributed by atoms with Crippen LogP contribution in [0.4, 0.5) is 0 Å². The van der Waals surface area contributed by atoms with Gasteiger partial charge in [0.15, 0.2) is 5.78 Å². The summed E-state index contributed by atoms with van der Waals surface area (Å²) in [4.78, 5) is 40.4. The molecule has 146 valence electrons. The molecule has 1 fully saturated rings. The van der Waals surface area contributed by atoms with Gasteiger partial charge in [-0.25, -0.2) is 0 Å². The van der Waals surface area contributed by atoms with Crippen molar-refractivity contribution in [3.05, 3.63) is 69.1 Å². The number of benzene rings is 1. The van der Waals surface area contributed by atoms with Crippen molar-refractivity contribution in [2.45, 2.75) is 51.5 Å². The first-order valence-corrected chi connectivity index (χ1v) is 10.2. The zero-order valence-corrected chi connectivity index (χ0v) is 16.3. The SMILES string of the molecule is CC(=O)c1cc(CCc2ccccc2)c(=O)n2c1CC[C@H]2C(=O)N1CCCC1. The van der Waals surface area contributed by atoms with E-state index in [1.807, 2.05) is 35.2 Å². The van der Waals surface area contributed by atoms with Crippen molar-refractivity contribution in [2.24, 2.45) is 0 Å². The molecule has 5 nitrogen and oxygen atoms in total. The molecule has 1 aromatic heterocycles. The number of likely N-dealkylation sites (tertiary alicyclic amines) is 1. The number of hydrogen-bond acceptors (Lipinski definition) is 3. The number of aryl methyl sites for hydroxylation is 2. The van der Waals surface area contributed by atoms with Crippen molar-refractivity contribution >= 4 is 11.7 Å². The molecule has 1 atom stereocenters. The van der Waals surface area contributed by atoms with Gasteiger partial charge in [0.25, 0.3) is 5.56 Å². The second kappa shape index (κ2) is 7.74. The van der Waals surface area contributed by atoms with Crippen LogP contribution >= 0.6 is 0 Å². The maximum Gasteiger partial charge on any atom is 0.254 e. The van der Waals surface area contributed by atoms with Gasteiger partial charge in [-0.05, 0) is 57.1 Å². The Morgan fingerprint density at radius 1 is 1.07 bits per heavy atom. The van der Waals surface area contributed by atoms with Gasteiger partial charge in [-0.2, -0.15) is 0 Å². The van der Waals surface area contributed by atoms with Gasteiger partial charge in [0.05, 0.1) is 0 Å². The predicted octanol–water partition coefficient (Wildman–Crippen LogP) is 2.95. The summed E-state index contributed by atoms with van der Waals surface area (Å²) >= 11 is 0. The highest BCUT2D eigenvalue weighted by Gasteiger charge is 2.35. The van der Waals surface area contributed by atoms with Crippen molar-refractivity contribution in [2.75, 3.05) is 13.1 Å². The lowest BCUT2D eigenvalue weighted by Crippen LogP contribution is -2.38. The van der Waals surface area contributed by atoms with Crippen LogP contribution in [0.5, 0.6) is 0 Å². The zero-order valence-electron chi connectivity index (χ0n) is 16.3. The second-order valence-corrected chi connectivity index (χ2v) is 7.83. The lowest BCUT2D eigenvalue weighted by Gasteiger charge is -2.22. The van der Waals surface area contributed by atoms with Crippen molar-refractivity contribution in [3.8, 4) is 0 Å². The molecule has 0 bridgehead atoms. The van der Waals surface area contributed by atoms with E-state index < -0.39 is 6.04 Å². The number of carbonyl (C=O) groups is 2. The highest BCUT2D eigenvalue weighted by Crippen LogP contribution is 2.30. The van der Waals surface area contributed by atoms with Gasteiger partial charge in [0.2, 0.25) is 5.91 Å². The first-order chi connectivity index (χ1) is 13.6. The number of ketones is 1. The molecule has 5 heteroatoms. The van der Waals surface area contributed by atoms with Crippen molar-refractivity contribution in [1.29, 1.82) is 0 Å². The summed E-state index contributed by atoms with van der Waals surface area (Å²) in [6.07, 6.45) is 4.55. The van der Waals surface area contributed by atoms with E-state index in [4.69, 9.17) is 0 Å². The summed E-state index contributed by atoms with van der Waals surface area (Å²) in [5, 5.41) is 0. The summed E-state index contributed by atoms with van der Waals surface area (Å²) < 4.78 is 1.64. The molecule has 0 saturated carbocycles. The second-order valence-electron chi connectivity index (χ2n) is 7.83. The standard InChI is InChI=1S/C23H26N2O3/c1-16(26)19-15-18(10-9-17-7-3-2-4-8-17)22(27)25-20(19)11-12-21(25)23(28)24-13-5-6-14-24/h2-4,7-8,15,21H,5-6,9-14H2,1H3/t21-/m0/s1.